The van der Waals surface area contributed by atoms with Crippen molar-refractivity contribution >= 4 is 6.29 Å². The maximum atomic E-state index is 13.9. The molecule has 0 radical (unpaired) electrons. The van der Waals surface area contributed by atoms with Crippen LogP contribution in [0.1, 0.15) is 35.1 Å². The molecule has 0 N–H and O–H groups in total. The molecule has 4 heteroatoms. The number of aromatic nitrogens is 2. The van der Waals surface area contributed by atoms with Gasteiger partial charge >= 0.3 is 0 Å². The van der Waals surface area contributed by atoms with Gasteiger partial charge in [-0.05, 0) is 19.8 Å². The maximum Gasteiger partial charge on any atom is 0.170 e. The third kappa shape index (κ3) is 1.01. The first-order chi connectivity index (χ1) is 6.06. The molecule has 3 nitrogen and oxygen atoms in total. The Morgan fingerprint density at radius 3 is 3.00 bits per heavy atom. The number of carbonyl (C=O) groups is 1. The first kappa shape index (κ1) is 8.41. The summed E-state index contributed by atoms with van der Waals surface area (Å²) in [7, 11) is 1.74. The maximum absolute atomic E-state index is 13.9. The third-order valence-corrected chi connectivity index (χ3v) is 2.66. The second-order valence-corrected chi connectivity index (χ2v) is 3.65. The van der Waals surface area contributed by atoms with Gasteiger partial charge in [-0.1, -0.05) is 0 Å². The molecule has 0 amide bonds. The van der Waals surface area contributed by atoms with Crippen LogP contribution in [0.15, 0.2) is 0 Å². The Kier molecular flexibility index (Phi) is 1.55. The van der Waals surface area contributed by atoms with Crippen LogP contribution >= 0.6 is 0 Å². The molecule has 0 saturated carbocycles. The first-order valence-electron chi connectivity index (χ1n) is 4.26. The lowest BCUT2D eigenvalue weighted by Gasteiger charge is -2.11. The molecule has 1 heterocycles. The lowest BCUT2D eigenvalue weighted by Crippen LogP contribution is -2.11. The minimum atomic E-state index is -1.38. The van der Waals surface area contributed by atoms with E-state index in [9.17, 15) is 9.18 Å². The molecular weight excluding hydrogens is 171 g/mol. The third-order valence-electron chi connectivity index (χ3n) is 2.66. The number of aldehydes is 1. The van der Waals surface area contributed by atoms with E-state index in [0.29, 0.717) is 24.7 Å². The number of aryl methyl sites for hydroxylation is 1. The second kappa shape index (κ2) is 2.40. The zero-order chi connectivity index (χ0) is 9.64. The highest BCUT2D eigenvalue weighted by atomic mass is 19.1. The van der Waals surface area contributed by atoms with Gasteiger partial charge in [0.1, 0.15) is 11.4 Å². The molecule has 13 heavy (non-hydrogen) atoms. The molecule has 2 rings (SSSR count). The van der Waals surface area contributed by atoms with Crippen molar-refractivity contribution < 1.29 is 9.18 Å². The van der Waals surface area contributed by atoms with Crippen LogP contribution in [0.25, 0.3) is 0 Å². The van der Waals surface area contributed by atoms with E-state index in [0.717, 1.165) is 5.69 Å². The van der Waals surface area contributed by atoms with Crippen LogP contribution in [0, 0.1) is 0 Å². The summed E-state index contributed by atoms with van der Waals surface area (Å²) in [4.78, 5) is 10.6. The van der Waals surface area contributed by atoms with Crippen LogP contribution in [0.5, 0.6) is 0 Å². The minimum absolute atomic E-state index is 0.250. The number of halogens is 1. The Morgan fingerprint density at radius 2 is 2.38 bits per heavy atom. The van der Waals surface area contributed by atoms with Crippen molar-refractivity contribution in [3.63, 3.8) is 0 Å². The zero-order valence-electron chi connectivity index (χ0n) is 7.67. The number of rotatable bonds is 1. The van der Waals surface area contributed by atoms with Gasteiger partial charge in [0.15, 0.2) is 6.29 Å². The van der Waals surface area contributed by atoms with Gasteiger partial charge in [0.2, 0.25) is 0 Å². The van der Waals surface area contributed by atoms with Crippen molar-refractivity contribution in [3.05, 3.63) is 17.0 Å². The summed E-state index contributed by atoms with van der Waals surface area (Å²) in [5.74, 6) is 0. The van der Waals surface area contributed by atoms with E-state index < -0.39 is 5.67 Å². The van der Waals surface area contributed by atoms with Crippen molar-refractivity contribution in [2.24, 2.45) is 7.05 Å². The first-order valence-corrected chi connectivity index (χ1v) is 4.26. The highest BCUT2D eigenvalue weighted by molar-refractivity contribution is 5.76. The predicted octanol–water partition coefficient (Wildman–Crippen LogP) is 1.36. The van der Waals surface area contributed by atoms with Gasteiger partial charge in [-0.25, -0.2) is 4.39 Å². The van der Waals surface area contributed by atoms with Crippen LogP contribution in [0.4, 0.5) is 4.39 Å². The Bertz CT molecular complexity index is 368. The van der Waals surface area contributed by atoms with Crippen LogP contribution in [0.2, 0.25) is 0 Å². The predicted molar refractivity (Wildman–Crippen MR) is 45.4 cm³/mol. The molecule has 0 aromatic carbocycles. The number of nitrogens with zero attached hydrogens (tertiary/aromatic N) is 2. The smallest absolute Gasteiger partial charge is 0.170 e. The summed E-state index contributed by atoms with van der Waals surface area (Å²) in [6.07, 6.45) is 1.75. The molecule has 1 aliphatic carbocycles. The SMILES string of the molecule is Cn1nc(C=O)c2c1CCC2(C)F. The largest absolute Gasteiger partial charge is 0.296 e. The topological polar surface area (TPSA) is 34.9 Å². The van der Waals surface area contributed by atoms with Crippen molar-refractivity contribution in [1.82, 2.24) is 9.78 Å². The van der Waals surface area contributed by atoms with Gasteiger partial charge < -0.3 is 0 Å². The molecule has 1 atom stereocenters. The fourth-order valence-electron chi connectivity index (χ4n) is 2.00. The molecule has 1 aromatic rings. The molecule has 70 valence electrons. The number of hydrogen-bond acceptors (Lipinski definition) is 2. The Labute approximate surface area is 75.5 Å². The summed E-state index contributed by atoms with van der Waals surface area (Å²) < 4.78 is 15.5. The van der Waals surface area contributed by atoms with Crippen molar-refractivity contribution in [1.29, 1.82) is 0 Å². The van der Waals surface area contributed by atoms with E-state index in [4.69, 9.17) is 0 Å². The highest BCUT2D eigenvalue weighted by Crippen LogP contribution is 2.41. The molecule has 1 aromatic heterocycles. The lowest BCUT2D eigenvalue weighted by atomic mass is 10.0. The van der Waals surface area contributed by atoms with Gasteiger partial charge in [0.25, 0.3) is 0 Å². The van der Waals surface area contributed by atoms with Crippen LogP contribution in [-0.4, -0.2) is 16.1 Å². The average Bonchev–Trinajstić information content (AvgIpc) is 2.53. The fraction of sp³-hybridized carbons (Fsp3) is 0.556. The van der Waals surface area contributed by atoms with Crippen LogP contribution in [0.3, 0.4) is 0 Å². The van der Waals surface area contributed by atoms with E-state index in [1.165, 1.54) is 6.92 Å². The van der Waals surface area contributed by atoms with E-state index in [2.05, 4.69) is 5.10 Å². The molecular formula is C9H11FN2O. The fourth-order valence-corrected chi connectivity index (χ4v) is 2.00. The molecule has 0 bridgehead atoms. The Balaban J connectivity index is 2.67. The van der Waals surface area contributed by atoms with Crippen molar-refractivity contribution in [2.45, 2.75) is 25.4 Å². The van der Waals surface area contributed by atoms with Crippen molar-refractivity contribution in [2.75, 3.05) is 0 Å². The number of fused-ring (bicyclic) bond motifs is 1. The molecule has 0 aliphatic heterocycles. The average molecular weight is 182 g/mol. The molecule has 0 spiro atoms. The Hall–Kier alpha value is -1.19. The minimum Gasteiger partial charge on any atom is -0.296 e. The normalized spacial score (nSPS) is 26.1. The highest BCUT2D eigenvalue weighted by Gasteiger charge is 2.39. The van der Waals surface area contributed by atoms with E-state index >= 15 is 0 Å². The van der Waals surface area contributed by atoms with Gasteiger partial charge in [-0.3, -0.25) is 9.48 Å². The van der Waals surface area contributed by atoms with Crippen LogP contribution < -0.4 is 0 Å². The quantitative estimate of drug-likeness (QED) is 0.615. The monoisotopic (exact) mass is 182 g/mol. The van der Waals surface area contributed by atoms with E-state index in [1.807, 2.05) is 0 Å². The Morgan fingerprint density at radius 1 is 1.69 bits per heavy atom. The summed E-state index contributed by atoms with van der Waals surface area (Å²) in [5.41, 5.74) is 0.219. The van der Waals surface area contributed by atoms with E-state index in [1.54, 1.807) is 11.7 Å². The van der Waals surface area contributed by atoms with E-state index in [-0.39, 0.29) is 5.69 Å². The van der Waals surface area contributed by atoms with Gasteiger partial charge in [0, 0.05) is 18.3 Å². The van der Waals surface area contributed by atoms with Crippen molar-refractivity contribution in [3.8, 4) is 0 Å². The summed E-state index contributed by atoms with van der Waals surface area (Å²) in [6.45, 7) is 1.51. The number of carbonyl (C=O) groups excluding carboxylic acids is 1. The van der Waals surface area contributed by atoms with Gasteiger partial charge in [0.05, 0.1) is 0 Å². The summed E-state index contributed by atoms with van der Waals surface area (Å²) in [5, 5.41) is 3.95. The van der Waals surface area contributed by atoms with Gasteiger partial charge in [-0.15, -0.1) is 0 Å². The second-order valence-electron chi connectivity index (χ2n) is 3.65. The summed E-state index contributed by atoms with van der Waals surface area (Å²) >= 11 is 0. The lowest BCUT2D eigenvalue weighted by molar-refractivity contribution is 0.111. The number of alkyl halides is 1. The molecule has 1 unspecified atom stereocenters. The standard InChI is InChI=1S/C9H11FN2O/c1-9(10)4-3-7-8(9)6(5-13)11-12(7)2/h5H,3-4H2,1-2H3. The van der Waals surface area contributed by atoms with Crippen LogP contribution in [-0.2, 0) is 19.1 Å². The van der Waals surface area contributed by atoms with Gasteiger partial charge in [-0.2, -0.15) is 5.10 Å². The summed E-state index contributed by atoms with van der Waals surface area (Å²) in [6, 6.07) is 0. The molecule has 0 saturated heterocycles. The number of hydrogen-bond donors (Lipinski definition) is 0. The molecule has 0 fully saturated rings. The molecule has 1 aliphatic rings. The zero-order valence-corrected chi connectivity index (χ0v) is 7.67.